The predicted molar refractivity (Wildman–Crippen MR) is 86.8 cm³/mol. The third kappa shape index (κ3) is 2.61. The lowest BCUT2D eigenvalue weighted by molar-refractivity contribution is 0.0656. The van der Waals surface area contributed by atoms with Gasteiger partial charge in [0.25, 0.3) is 11.8 Å². The summed E-state index contributed by atoms with van der Waals surface area (Å²) in [4.78, 5) is 34.3. The van der Waals surface area contributed by atoms with Crippen molar-refractivity contribution in [2.75, 3.05) is 6.54 Å². The van der Waals surface area contributed by atoms with Crippen LogP contribution in [0.2, 0.25) is 0 Å². The van der Waals surface area contributed by atoms with E-state index in [1.54, 1.807) is 35.3 Å². The molecule has 0 atom stereocenters. The summed E-state index contributed by atoms with van der Waals surface area (Å²) >= 11 is 1.53. The second-order valence-corrected chi connectivity index (χ2v) is 6.33. The first-order chi connectivity index (χ1) is 11.7. The van der Waals surface area contributed by atoms with E-state index in [4.69, 9.17) is 0 Å². The number of hydrogen-bond acceptors (Lipinski definition) is 6. The average molecular weight is 339 g/mol. The molecule has 8 heteroatoms. The Morgan fingerprint density at radius 2 is 1.83 bits per heavy atom. The van der Waals surface area contributed by atoms with Crippen molar-refractivity contribution in [1.82, 2.24) is 24.6 Å². The van der Waals surface area contributed by atoms with Crippen LogP contribution in [0.15, 0.2) is 42.3 Å². The standard InChI is InChI=1S/C16H13N5O2S/c22-15-12-3-1-2-4-13(12)16(23)21(15)6-5-11-8-24-14(19-11)7-20-10-17-9-18-20/h1-4,8-10H,5-7H2. The zero-order valence-corrected chi connectivity index (χ0v) is 13.4. The van der Waals surface area contributed by atoms with Gasteiger partial charge in [0.15, 0.2) is 0 Å². The van der Waals surface area contributed by atoms with Crippen LogP contribution in [0.3, 0.4) is 0 Å². The van der Waals surface area contributed by atoms with Crippen LogP contribution in [0, 0.1) is 0 Å². The summed E-state index contributed by atoms with van der Waals surface area (Å²) in [6.07, 6.45) is 3.66. The third-order valence-corrected chi connectivity index (χ3v) is 4.72. The second kappa shape index (κ2) is 5.97. The van der Waals surface area contributed by atoms with Gasteiger partial charge in [-0.05, 0) is 12.1 Å². The summed E-state index contributed by atoms with van der Waals surface area (Å²) in [5, 5.41) is 6.91. The Hall–Kier alpha value is -2.87. The minimum absolute atomic E-state index is 0.228. The molecule has 0 fully saturated rings. The maximum atomic E-state index is 12.3. The quantitative estimate of drug-likeness (QED) is 0.660. The lowest BCUT2D eigenvalue weighted by Crippen LogP contribution is -2.31. The fourth-order valence-corrected chi connectivity index (χ4v) is 3.48. The van der Waals surface area contributed by atoms with Gasteiger partial charge in [-0.1, -0.05) is 12.1 Å². The van der Waals surface area contributed by atoms with Gasteiger partial charge in [0.2, 0.25) is 0 Å². The van der Waals surface area contributed by atoms with Crippen LogP contribution in [0.4, 0.5) is 0 Å². The molecule has 3 aromatic rings. The minimum Gasteiger partial charge on any atom is -0.274 e. The van der Waals surface area contributed by atoms with Crippen molar-refractivity contribution in [3.05, 3.63) is 64.1 Å². The lowest BCUT2D eigenvalue weighted by atomic mass is 10.1. The molecule has 0 saturated carbocycles. The number of hydrogen-bond donors (Lipinski definition) is 0. The Morgan fingerprint density at radius 1 is 1.08 bits per heavy atom. The summed E-state index contributed by atoms with van der Waals surface area (Å²) < 4.78 is 1.70. The zero-order chi connectivity index (χ0) is 16.5. The first kappa shape index (κ1) is 14.7. The van der Waals surface area contributed by atoms with E-state index in [0.29, 0.717) is 30.6 Å². The van der Waals surface area contributed by atoms with Crippen LogP contribution in [0.1, 0.15) is 31.4 Å². The van der Waals surface area contributed by atoms with Gasteiger partial charge in [-0.15, -0.1) is 11.3 Å². The number of amides is 2. The number of thiazole rings is 1. The van der Waals surface area contributed by atoms with Gasteiger partial charge in [0.1, 0.15) is 17.7 Å². The van der Waals surface area contributed by atoms with Crippen molar-refractivity contribution in [2.45, 2.75) is 13.0 Å². The van der Waals surface area contributed by atoms with Crippen molar-refractivity contribution in [2.24, 2.45) is 0 Å². The maximum absolute atomic E-state index is 12.3. The van der Waals surface area contributed by atoms with Crippen molar-refractivity contribution < 1.29 is 9.59 Å². The van der Waals surface area contributed by atoms with Gasteiger partial charge in [-0.25, -0.2) is 14.6 Å². The summed E-state index contributed by atoms with van der Waals surface area (Å²) in [5.74, 6) is -0.456. The Balaban J connectivity index is 1.42. The smallest absolute Gasteiger partial charge is 0.261 e. The topological polar surface area (TPSA) is 81.0 Å². The van der Waals surface area contributed by atoms with Gasteiger partial charge in [0.05, 0.1) is 23.4 Å². The molecule has 0 saturated heterocycles. The normalized spacial score (nSPS) is 13.6. The Kier molecular flexibility index (Phi) is 3.66. The second-order valence-electron chi connectivity index (χ2n) is 5.38. The summed E-state index contributed by atoms with van der Waals surface area (Å²) in [5.41, 5.74) is 1.83. The molecule has 0 unspecified atom stereocenters. The molecule has 1 aliphatic heterocycles. The number of fused-ring (bicyclic) bond motifs is 1. The number of rotatable bonds is 5. The van der Waals surface area contributed by atoms with Gasteiger partial charge in [-0.2, -0.15) is 5.10 Å². The van der Waals surface area contributed by atoms with E-state index < -0.39 is 0 Å². The van der Waals surface area contributed by atoms with Crippen LogP contribution in [-0.2, 0) is 13.0 Å². The zero-order valence-electron chi connectivity index (χ0n) is 12.6. The average Bonchev–Trinajstić information content (AvgIpc) is 3.31. The van der Waals surface area contributed by atoms with Crippen LogP contribution >= 0.6 is 11.3 Å². The van der Waals surface area contributed by atoms with E-state index in [2.05, 4.69) is 15.1 Å². The first-order valence-electron chi connectivity index (χ1n) is 7.43. The predicted octanol–water partition coefficient (Wildman–Crippen LogP) is 1.62. The van der Waals surface area contributed by atoms with E-state index in [1.807, 2.05) is 5.38 Å². The van der Waals surface area contributed by atoms with Crippen LogP contribution < -0.4 is 0 Å². The number of carbonyl (C=O) groups is 2. The summed E-state index contributed by atoms with van der Waals surface area (Å²) in [7, 11) is 0. The Morgan fingerprint density at radius 3 is 2.50 bits per heavy atom. The molecule has 0 spiro atoms. The van der Waals surface area contributed by atoms with Crippen molar-refractivity contribution >= 4 is 23.2 Å². The number of aromatic nitrogens is 4. The van der Waals surface area contributed by atoms with Gasteiger partial charge >= 0.3 is 0 Å². The minimum atomic E-state index is -0.228. The largest absolute Gasteiger partial charge is 0.274 e. The number of benzene rings is 1. The maximum Gasteiger partial charge on any atom is 0.261 e. The van der Waals surface area contributed by atoms with Crippen molar-refractivity contribution in [1.29, 1.82) is 0 Å². The molecule has 2 amide bonds. The van der Waals surface area contributed by atoms with E-state index in [-0.39, 0.29) is 11.8 Å². The highest BCUT2D eigenvalue weighted by Gasteiger charge is 2.34. The van der Waals surface area contributed by atoms with Gasteiger partial charge in [0, 0.05) is 18.3 Å². The Bertz CT molecular complexity index is 868. The van der Waals surface area contributed by atoms with Crippen molar-refractivity contribution in [3.63, 3.8) is 0 Å². The fourth-order valence-electron chi connectivity index (χ4n) is 2.66. The van der Waals surface area contributed by atoms with E-state index in [1.165, 1.54) is 22.6 Å². The molecule has 0 N–H and O–H groups in total. The molecule has 24 heavy (non-hydrogen) atoms. The molecule has 120 valence electrons. The molecule has 4 rings (SSSR count). The van der Waals surface area contributed by atoms with E-state index in [0.717, 1.165) is 10.7 Å². The molecular formula is C16H13N5O2S. The summed E-state index contributed by atoms with van der Waals surface area (Å²) in [6.45, 7) is 0.899. The van der Waals surface area contributed by atoms with Crippen LogP contribution in [0.25, 0.3) is 0 Å². The van der Waals surface area contributed by atoms with Crippen molar-refractivity contribution in [3.8, 4) is 0 Å². The molecule has 1 aromatic carbocycles. The highest BCUT2D eigenvalue weighted by atomic mass is 32.1. The van der Waals surface area contributed by atoms with E-state index in [9.17, 15) is 9.59 Å². The molecule has 2 aromatic heterocycles. The fraction of sp³-hybridized carbons (Fsp3) is 0.188. The molecule has 0 radical (unpaired) electrons. The molecule has 7 nitrogen and oxygen atoms in total. The number of imide groups is 1. The monoisotopic (exact) mass is 339 g/mol. The highest BCUT2D eigenvalue weighted by molar-refractivity contribution is 7.09. The Labute approximate surface area is 141 Å². The molecule has 3 heterocycles. The first-order valence-corrected chi connectivity index (χ1v) is 8.31. The summed E-state index contributed by atoms with van der Waals surface area (Å²) in [6, 6.07) is 6.91. The van der Waals surface area contributed by atoms with Gasteiger partial charge in [-0.3, -0.25) is 14.5 Å². The lowest BCUT2D eigenvalue weighted by Gasteiger charge is -2.12. The van der Waals surface area contributed by atoms with Gasteiger partial charge < -0.3 is 0 Å². The van der Waals surface area contributed by atoms with Crippen LogP contribution in [-0.4, -0.2) is 43.0 Å². The molecular weight excluding hydrogens is 326 g/mol. The third-order valence-electron chi connectivity index (χ3n) is 3.83. The number of carbonyl (C=O) groups excluding carboxylic acids is 2. The molecule has 1 aliphatic rings. The molecule has 0 aliphatic carbocycles. The SMILES string of the molecule is O=C1c2ccccc2C(=O)N1CCc1csc(Cn2cncn2)n1. The molecule has 0 bridgehead atoms. The van der Waals surface area contributed by atoms with E-state index >= 15 is 0 Å². The number of nitrogens with zero attached hydrogens (tertiary/aromatic N) is 5. The highest BCUT2D eigenvalue weighted by Crippen LogP contribution is 2.22. The van der Waals surface area contributed by atoms with Crippen LogP contribution in [0.5, 0.6) is 0 Å².